The van der Waals surface area contributed by atoms with Gasteiger partial charge in [-0.05, 0) is 11.8 Å². The second-order valence-corrected chi connectivity index (χ2v) is 3.66. The predicted molar refractivity (Wildman–Crippen MR) is 40.6 cm³/mol. The Morgan fingerprint density at radius 3 is 2.30 bits per heavy atom. The van der Waals surface area contributed by atoms with E-state index in [0.29, 0.717) is 6.42 Å². The lowest BCUT2D eigenvalue weighted by Gasteiger charge is -2.15. The summed E-state index contributed by atoms with van der Waals surface area (Å²) in [6.45, 7) is 6.19. The maximum atomic E-state index is 10.5. The summed E-state index contributed by atoms with van der Waals surface area (Å²) in [4.78, 5) is 10.5. The van der Waals surface area contributed by atoms with E-state index in [2.05, 4.69) is 25.1 Å². The fourth-order valence-electron chi connectivity index (χ4n) is 0.516. The van der Waals surface area contributed by atoms with Crippen molar-refractivity contribution in [3.8, 4) is 0 Å². The molecule has 10 heavy (non-hydrogen) atoms. The molecule has 0 aliphatic carbocycles. The Labute approximate surface area is 66.7 Å². The van der Waals surface area contributed by atoms with Crippen molar-refractivity contribution in [3.05, 3.63) is 0 Å². The van der Waals surface area contributed by atoms with Gasteiger partial charge < -0.3 is 4.29 Å². The van der Waals surface area contributed by atoms with Crippen LogP contribution >= 0.6 is 11.9 Å². The topological polar surface area (TPSA) is 26.3 Å². The molecule has 0 amide bonds. The third kappa shape index (κ3) is 5.89. The highest BCUT2D eigenvalue weighted by Crippen LogP contribution is 2.20. The highest BCUT2D eigenvalue weighted by molar-refractivity contribution is 6.13. The Bertz CT molecular complexity index is 115. The van der Waals surface area contributed by atoms with Crippen LogP contribution in [0.25, 0.3) is 0 Å². The molecule has 0 saturated heterocycles. The SMILES string of the molecule is CC(C)(C)CCC(=O)OCl. The normalized spacial score (nSPS) is 11.2. The van der Waals surface area contributed by atoms with Crippen molar-refractivity contribution in [1.82, 2.24) is 0 Å². The van der Waals surface area contributed by atoms with Gasteiger partial charge in [0.1, 0.15) is 11.9 Å². The summed E-state index contributed by atoms with van der Waals surface area (Å²) < 4.78 is 3.98. The number of rotatable bonds is 2. The largest absolute Gasteiger partial charge is 0.348 e. The molecular weight excluding hydrogens is 152 g/mol. The van der Waals surface area contributed by atoms with Crippen LogP contribution in [0.5, 0.6) is 0 Å². The minimum Gasteiger partial charge on any atom is -0.348 e. The van der Waals surface area contributed by atoms with Crippen LogP contribution in [0.15, 0.2) is 0 Å². The monoisotopic (exact) mass is 164 g/mol. The minimum absolute atomic E-state index is 0.172. The summed E-state index contributed by atoms with van der Waals surface area (Å²) in [5.74, 6) is -0.350. The molecule has 0 heterocycles. The summed E-state index contributed by atoms with van der Waals surface area (Å²) in [7, 11) is 0. The Morgan fingerprint density at radius 2 is 2.00 bits per heavy atom. The van der Waals surface area contributed by atoms with E-state index in [1.54, 1.807) is 0 Å². The zero-order valence-corrected chi connectivity index (χ0v) is 7.36. The summed E-state index contributed by atoms with van der Waals surface area (Å²) in [6.07, 6.45) is 1.20. The number of hydrogen-bond donors (Lipinski definition) is 0. The van der Waals surface area contributed by atoms with Crippen LogP contribution in [0.4, 0.5) is 0 Å². The van der Waals surface area contributed by atoms with Gasteiger partial charge in [-0.3, -0.25) is 4.79 Å². The molecule has 0 atom stereocenters. The van der Waals surface area contributed by atoms with Gasteiger partial charge in [-0.15, -0.1) is 0 Å². The molecule has 0 unspecified atom stereocenters. The van der Waals surface area contributed by atoms with Crippen molar-refractivity contribution in [2.45, 2.75) is 33.6 Å². The number of carbonyl (C=O) groups excluding carboxylic acids is 1. The lowest BCUT2D eigenvalue weighted by molar-refractivity contribution is -0.134. The number of halogens is 1. The molecule has 0 radical (unpaired) electrons. The van der Waals surface area contributed by atoms with Gasteiger partial charge in [-0.2, -0.15) is 0 Å². The second-order valence-electron chi connectivity index (χ2n) is 3.51. The van der Waals surface area contributed by atoms with Gasteiger partial charge in [0.15, 0.2) is 0 Å². The quantitative estimate of drug-likeness (QED) is 0.627. The zero-order chi connectivity index (χ0) is 8.20. The van der Waals surface area contributed by atoms with Gasteiger partial charge in [-0.25, -0.2) is 0 Å². The van der Waals surface area contributed by atoms with Gasteiger partial charge >= 0.3 is 5.97 Å². The van der Waals surface area contributed by atoms with Crippen LogP contribution in [-0.4, -0.2) is 5.97 Å². The molecule has 0 N–H and O–H groups in total. The first kappa shape index (κ1) is 9.76. The highest BCUT2D eigenvalue weighted by atomic mass is 35.5. The lowest BCUT2D eigenvalue weighted by atomic mass is 9.91. The van der Waals surface area contributed by atoms with Crippen LogP contribution in [0.3, 0.4) is 0 Å². The first-order chi connectivity index (χ1) is 4.45. The maximum Gasteiger partial charge on any atom is 0.324 e. The minimum atomic E-state index is -0.350. The lowest BCUT2D eigenvalue weighted by Crippen LogP contribution is -2.08. The number of hydrogen-bond acceptors (Lipinski definition) is 2. The molecule has 0 spiro atoms. The van der Waals surface area contributed by atoms with Crippen molar-refractivity contribution in [3.63, 3.8) is 0 Å². The average Bonchev–Trinajstić information content (AvgIpc) is 1.81. The van der Waals surface area contributed by atoms with Gasteiger partial charge in [0.2, 0.25) is 0 Å². The van der Waals surface area contributed by atoms with Crippen molar-refractivity contribution in [2.75, 3.05) is 0 Å². The molecule has 0 saturated carbocycles. The van der Waals surface area contributed by atoms with E-state index in [1.807, 2.05) is 0 Å². The van der Waals surface area contributed by atoms with E-state index in [1.165, 1.54) is 0 Å². The fourth-order valence-corrected chi connectivity index (χ4v) is 0.593. The Morgan fingerprint density at radius 1 is 1.50 bits per heavy atom. The van der Waals surface area contributed by atoms with Crippen LogP contribution in [0, 0.1) is 5.41 Å². The van der Waals surface area contributed by atoms with Gasteiger partial charge in [0, 0.05) is 6.42 Å². The summed E-state index contributed by atoms with van der Waals surface area (Å²) >= 11 is 4.83. The van der Waals surface area contributed by atoms with Gasteiger partial charge in [0.05, 0.1) is 0 Å². The molecule has 3 heteroatoms. The maximum absolute atomic E-state index is 10.5. The van der Waals surface area contributed by atoms with Crippen molar-refractivity contribution >= 4 is 17.8 Å². The fraction of sp³-hybridized carbons (Fsp3) is 0.857. The summed E-state index contributed by atoms with van der Waals surface area (Å²) in [6, 6.07) is 0. The molecule has 0 bridgehead atoms. The Kier molecular flexibility index (Phi) is 3.72. The van der Waals surface area contributed by atoms with Crippen molar-refractivity contribution in [2.24, 2.45) is 5.41 Å². The molecular formula is C7H13ClO2. The highest BCUT2D eigenvalue weighted by Gasteiger charge is 2.12. The molecule has 0 aliphatic heterocycles. The van der Waals surface area contributed by atoms with E-state index in [-0.39, 0.29) is 11.4 Å². The van der Waals surface area contributed by atoms with E-state index in [9.17, 15) is 4.79 Å². The van der Waals surface area contributed by atoms with E-state index < -0.39 is 0 Å². The Hall–Kier alpha value is -0.240. The molecule has 60 valence electrons. The molecule has 0 fully saturated rings. The average molecular weight is 165 g/mol. The molecule has 2 nitrogen and oxygen atoms in total. The molecule has 0 aromatic heterocycles. The molecule has 0 aliphatic rings. The molecule has 0 rings (SSSR count). The first-order valence-corrected chi connectivity index (χ1v) is 3.58. The molecule has 0 aromatic rings. The van der Waals surface area contributed by atoms with Crippen LogP contribution in [0.2, 0.25) is 0 Å². The van der Waals surface area contributed by atoms with E-state index in [4.69, 9.17) is 11.9 Å². The van der Waals surface area contributed by atoms with Gasteiger partial charge in [-0.1, -0.05) is 20.8 Å². The van der Waals surface area contributed by atoms with Crippen LogP contribution in [0.1, 0.15) is 33.6 Å². The second kappa shape index (κ2) is 3.81. The first-order valence-electron chi connectivity index (χ1n) is 3.27. The van der Waals surface area contributed by atoms with Crippen LogP contribution in [-0.2, 0) is 9.08 Å². The standard InChI is InChI=1S/C7H13ClO2/c1-7(2,3)5-4-6(9)10-8/h4-5H2,1-3H3. The molecule has 0 aromatic carbocycles. The summed E-state index contributed by atoms with van der Waals surface area (Å²) in [5, 5.41) is 0. The van der Waals surface area contributed by atoms with Crippen molar-refractivity contribution in [1.29, 1.82) is 0 Å². The number of carbonyl (C=O) groups is 1. The van der Waals surface area contributed by atoms with Crippen LogP contribution < -0.4 is 0 Å². The van der Waals surface area contributed by atoms with Crippen molar-refractivity contribution < 1.29 is 9.08 Å². The smallest absolute Gasteiger partial charge is 0.324 e. The third-order valence-electron chi connectivity index (χ3n) is 1.17. The third-order valence-corrected chi connectivity index (χ3v) is 1.34. The van der Waals surface area contributed by atoms with Gasteiger partial charge in [0.25, 0.3) is 0 Å². The van der Waals surface area contributed by atoms with E-state index in [0.717, 1.165) is 6.42 Å². The summed E-state index contributed by atoms with van der Waals surface area (Å²) in [5.41, 5.74) is 0.172. The Balaban J connectivity index is 3.46. The van der Waals surface area contributed by atoms with E-state index >= 15 is 0 Å². The predicted octanol–water partition coefficient (Wildman–Crippen LogP) is 2.51. The zero-order valence-electron chi connectivity index (χ0n) is 6.61.